The van der Waals surface area contributed by atoms with E-state index in [-0.39, 0.29) is 28.7 Å². The topological polar surface area (TPSA) is 121 Å². The Labute approximate surface area is 222 Å². The fraction of sp³-hybridized carbons (Fsp3) is 0.414. The highest BCUT2D eigenvalue weighted by molar-refractivity contribution is 6.07. The molecule has 1 amide bonds. The molecule has 38 heavy (non-hydrogen) atoms. The van der Waals surface area contributed by atoms with Gasteiger partial charge in [-0.2, -0.15) is 0 Å². The van der Waals surface area contributed by atoms with Crippen LogP contribution in [0.25, 0.3) is 11.3 Å². The highest BCUT2D eigenvalue weighted by Gasteiger charge is 2.57. The Kier molecular flexibility index (Phi) is 6.75. The van der Waals surface area contributed by atoms with Gasteiger partial charge in [0.2, 0.25) is 11.5 Å². The number of anilines is 1. The number of carboxylic acids is 1. The van der Waals surface area contributed by atoms with Crippen LogP contribution in [0.4, 0.5) is 5.82 Å². The summed E-state index contributed by atoms with van der Waals surface area (Å²) in [4.78, 5) is 44.3. The Morgan fingerprint density at radius 2 is 1.92 bits per heavy atom. The average Bonchev–Trinajstić information content (AvgIpc) is 3.29. The number of hydrogen-bond acceptors (Lipinski definition) is 7. The molecule has 3 aliphatic rings. The summed E-state index contributed by atoms with van der Waals surface area (Å²) in [7, 11) is 0. The summed E-state index contributed by atoms with van der Waals surface area (Å²) < 4.78 is -0.392. The van der Waals surface area contributed by atoms with E-state index in [0.29, 0.717) is 41.3 Å². The Balaban J connectivity index is 1.56. The molecule has 198 valence electrons. The van der Waals surface area contributed by atoms with Gasteiger partial charge < -0.3 is 15.7 Å². The zero-order valence-corrected chi connectivity index (χ0v) is 22.1. The molecule has 1 aliphatic carbocycles. The molecule has 1 aromatic carbocycles. The number of Topliss-reactive ketones (excluding diaryl/α,β-unsaturated/α-hetero) is 1. The molecule has 2 aromatic rings. The number of rotatable bonds is 6. The predicted octanol–water partition coefficient (Wildman–Crippen LogP) is 4.23. The van der Waals surface area contributed by atoms with Crippen LogP contribution in [0, 0.1) is 5.41 Å². The summed E-state index contributed by atoms with van der Waals surface area (Å²) in [5.74, 6) is -0.928. The zero-order valence-electron chi connectivity index (χ0n) is 22.1. The highest BCUT2D eigenvalue weighted by Crippen LogP contribution is 2.49. The fourth-order valence-electron chi connectivity index (χ4n) is 6.07. The van der Waals surface area contributed by atoms with Gasteiger partial charge in [0.1, 0.15) is 17.4 Å². The van der Waals surface area contributed by atoms with Crippen LogP contribution in [0.2, 0.25) is 0 Å². The third-order valence-electron chi connectivity index (χ3n) is 8.00. The van der Waals surface area contributed by atoms with Crippen LogP contribution in [0.3, 0.4) is 0 Å². The van der Waals surface area contributed by atoms with Gasteiger partial charge in [0.25, 0.3) is 0 Å². The van der Waals surface area contributed by atoms with E-state index in [1.165, 1.54) is 6.07 Å². The van der Waals surface area contributed by atoms with Crippen molar-refractivity contribution in [2.45, 2.75) is 52.5 Å². The fourth-order valence-corrected chi connectivity index (χ4v) is 6.07. The number of carbonyl (C=O) groups excluding carboxylic acids is 2. The molecular formula is C29H34N5O4+. The quantitative estimate of drug-likeness (QED) is 0.491. The molecule has 1 unspecified atom stereocenters. The summed E-state index contributed by atoms with van der Waals surface area (Å²) in [5.41, 5.74) is 3.00. The molecule has 1 saturated heterocycles. The monoisotopic (exact) mass is 516 g/mol. The number of allylic oxidation sites excluding steroid dienone is 2. The molecule has 1 atom stereocenters. The number of carboxylic acid groups (broad SMARTS) is 1. The van der Waals surface area contributed by atoms with Crippen LogP contribution in [0.5, 0.6) is 0 Å². The van der Waals surface area contributed by atoms with Crippen molar-refractivity contribution >= 4 is 29.7 Å². The van der Waals surface area contributed by atoms with E-state index in [0.717, 1.165) is 37.9 Å². The van der Waals surface area contributed by atoms with Crippen molar-refractivity contribution in [1.82, 2.24) is 10.3 Å². The van der Waals surface area contributed by atoms with Crippen LogP contribution in [-0.2, 0) is 4.79 Å². The van der Waals surface area contributed by atoms with Gasteiger partial charge in [-0.1, -0.05) is 21.8 Å². The number of carbonyl (C=O) groups is 3. The molecule has 3 N–H and O–H groups in total. The van der Waals surface area contributed by atoms with E-state index >= 15 is 0 Å². The van der Waals surface area contributed by atoms with Gasteiger partial charge in [-0.15, -0.1) is 0 Å². The number of aromatic nitrogens is 1. The Morgan fingerprint density at radius 1 is 1.16 bits per heavy atom. The average molecular weight is 517 g/mol. The second-order valence-corrected chi connectivity index (χ2v) is 10.7. The number of benzene rings is 1. The molecule has 0 bridgehead atoms. The first kappa shape index (κ1) is 25.9. The molecule has 1 spiro atoms. The number of hydrogen-bond donors (Lipinski definition) is 3. The molecule has 0 saturated carbocycles. The highest BCUT2D eigenvalue weighted by atomic mass is 16.4. The lowest BCUT2D eigenvalue weighted by Gasteiger charge is -2.41. The normalized spacial score (nSPS) is 22.2. The molecule has 5 rings (SSSR count). The molecular weight excluding hydrogens is 482 g/mol. The smallest absolute Gasteiger partial charge is 0.381 e. The van der Waals surface area contributed by atoms with Gasteiger partial charge in [-0.05, 0) is 82.8 Å². The molecule has 2 aliphatic heterocycles. The van der Waals surface area contributed by atoms with Crippen molar-refractivity contribution in [1.29, 1.82) is 0 Å². The van der Waals surface area contributed by atoms with Gasteiger partial charge in [0.05, 0.1) is 17.5 Å². The van der Waals surface area contributed by atoms with Crippen molar-refractivity contribution in [3.63, 3.8) is 0 Å². The first-order chi connectivity index (χ1) is 18.2. The first-order valence-electron chi connectivity index (χ1n) is 13.3. The number of aromatic carboxylic acids is 1. The molecule has 1 fully saturated rings. The van der Waals surface area contributed by atoms with Crippen LogP contribution < -0.4 is 10.6 Å². The van der Waals surface area contributed by atoms with E-state index in [9.17, 15) is 19.5 Å². The Hall–Kier alpha value is -3.69. The van der Waals surface area contributed by atoms with Crippen LogP contribution in [-0.4, -0.2) is 64.2 Å². The minimum Gasteiger partial charge on any atom is -0.478 e. The summed E-state index contributed by atoms with van der Waals surface area (Å²) in [6.45, 7) is 8.07. The Morgan fingerprint density at radius 3 is 2.61 bits per heavy atom. The lowest BCUT2D eigenvalue weighted by molar-refractivity contribution is -0.833. The summed E-state index contributed by atoms with van der Waals surface area (Å²) in [6.07, 6.45) is 4.83. The third kappa shape index (κ3) is 4.25. The van der Waals surface area contributed by atoms with E-state index in [4.69, 9.17) is 10.1 Å². The van der Waals surface area contributed by atoms with Gasteiger partial charge in [-0.3, -0.25) is 4.79 Å². The first-order valence-corrected chi connectivity index (χ1v) is 13.3. The lowest BCUT2D eigenvalue weighted by atomic mass is 9.67. The zero-order chi connectivity index (χ0) is 27.1. The van der Waals surface area contributed by atoms with Gasteiger partial charge in [0, 0.05) is 24.1 Å². The molecule has 1 aromatic heterocycles. The van der Waals surface area contributed by atoms with Crippen molar-refractivity contribution < 1.29 is 24.1 Å². The number of piperidine rings is 1. The molecule has 9 heteroatoms. The third-order valence-corrected chi connectivity index (χ3v) is 8.00. The predicted molar refractivity (Wildman–Crippen MR) is 145 cm³/mol. The number of ketones is 1. The number of nitrogens with one attached hydrogen (secondary N) is 2. The van der Waals surface area contributed by atoms with Gasteiger partial charge in [-0.25, -0.2) is 14.6 Å². The van der Waals surface area contributed by atoms with Crippen LogP contribution in [0.15, 0.2) is 52.8 Å². The maximum atomic E-state index is 14.4. The van der Waals surface area contributed by atoms with E-state index < -0.39 is 10.6 Å². The SMILES string of the molecule is CCNc1nc(-c2cccc(C(=O)O)c2)ccc1C(=O)[N+]1(C(C)C)N=CC2=C1C(=O)CC1(CCNCC1)C2. The second-order valence-electron chi connectivity index (χ2n) is 10.7. The van der Waals surface area contributed by atoms with Crippen LogP contribution in [0.1, 0.15) is 67.2 Å². The second kappa shape index (κ2) is 9.89. The minimum atomic E-state index is -1.02. The van der Waals surface area contributed by atoms with Crippen molar-refractivity contribution in [3.8, 4) is 11.3 Å². The van der Waals surface area contributed by atoms with Gasteiger partial charge >= 0.3 is 11.9 Å². The number of amides is 1. The largest absolute Gasteiger partial charge is 0.478 e. The standard InChI is InChI=1S/C29H33N5O4/c1-4-31-26-22(8-9-23(33-26)19-6-5-7-20(14-19)28(37)38)27(36)34(18(2)3)25-21(17-32-34)15-29(16-24(25)35)10-12-30-13-11-29/h5-9,14,17-18,30H,4,10-13,15-16H2,1-3H3,(H-,31,33,36,37,38)/p+1. The Bertz CT molecular complexity index is 1370. The van der Waals surface area contributed by atoms with Crippen molar-refractivity contribution in [3.05, 3.63) is 58.8 Å². The summed E-state index contributed by atoms with van der Waals surface area (Å²) in [6, 6.07) is 9.66. The van der Waals surface area contributed by atoms with Crippen molar-refractivity contribution in [2.24, 2.45) is 10.5 Å². The number of nitrogens with zero attached hydrogens (tertiary/aromatic N) is 3. The van der Waals surface area contributed by atoms with E-state index in [1.54, 1.807) is 36.5 Å². The van der Waals surface area contributed by atoms with E-state index in [1.807, 2.05) is 20.8 Å². The summed E-state index contributed by atoms with van der Waals surface area (Å²) in [5, 5.41) is 20.7. The summed E-state index contributed by atoms with van der Waals surface area (Å²) >= 11 is 0. The van der Waals surface area contributed by atoms with E-state index in [2.05, 4.69) is 10.6 Å². The molecule has 3 heterocycles. The van der Waals surface area contributed by atoms with Gasteiger partial charge in [0.15, 0.2) is 0 Å². The van der Waals surface area contributed by atoms with Crippen molar-refractivity contribution in [2.75, 3.05) is 25.0 Å². The molecule has 0 radical (unpaired) electrons. The number of pyridine rings is 1. The maximum Gasteiger partial charge on any atom is 0.381 e. The number of quaternary nitrogens is 1. The maximum absolute atomic E-state index is 14.4. The molecule has 9 nitrogen and oxygen atoms in total. The lowest BCUT2D eigenvalue weighted by Crippen LogP contribution is -2.54. The van der Waals surface area contributed by atoms with Crippen LogP contribution >= 0.6 is 0 Å². The minimum absolute atomic E-state index is 0.00719.